The van der Waals surface area contributed by atoms with E-state index >= 15 is 0 Å². The zero-order valence-corrected chi connectivity index (χ0v) is 15.8. The Morgan fingerprint density at radius 1 is 1.12 bits per heavy atom. The molecule has 0 saturated heterocycles. The van der Waals surface area contributed by atoms with Crippen LogP contribution in [0.1, 0.15) is 66.2 Å². The Hall–Kier alpha value is -1.89. The Kier molecular flexibility index (Phi) is 5.96. The average molecular weight is 378 g/mol. The molecular weight excluding hydrogens is 354 g/mol. The normalized spacial score (nSPS) is 22.3. The van der Waals surface area contributed by atoms with Crippen LogP contribution in [0.15, 0.2) is 0 Å². The lowest BCUT2D eigenvalue weighted by atomic mass is 9.78. The summed E-state index contributed by atoms with van der Waals surface area (Å²) < 4.78 is 5.19. The smallest absolute Gasteiger partial charge is 0.341 e. The van der Waals surface area contributed by atoms with Crippen molar-refractivity contribution in [3.8, 4) is 0 Å². The first kappa shape index (κ1) is 18.9. The fourth-order valence-corrected chi connectivity index (χ4v) is 5.28. The molecule has 7 heteroatoms. The second kappa shape index (κ2) is 8.20. The fraction of sp³-hybridized carbons (Fsp3) is 0.632. The molecule has 1 heterocycles. The largest absolute Gasteiger partial charge is 0.550 e. The molecule has 1 amide bonds. The molecule has 6 nitrogen and oxygen atoms in total. The molecule has 1 aromatic heterocycles. The van der Waals surface area contributed by atoms with Crippen molar-refractivity contribution in [2.24, 2.45) is 11.8 Å². The standard InChI is InChI=1S/C19H25NO5S/c1-2-25-19(24)15-13-9-5-6-10-14(13)26-17(15)20-16(21)11-7-3-4-8-12(11)18(22)23/h11-12H,2-10H2,1H3,(H,20,21)(H,22,23)/p-1/t11-,12+/m0/s1. The van der Waals surface area contributed by atoms with E-state index in [1.807, 2.05) is 0 Å². The molecule has 0 spiro atoms. The van der Waals surface area contributed by atoms with Crippen molar-refractivity contribution in [3.05, 3.63) is 16.0 Å². The number of hydrogen-bond acceptors (Lipinski definition) is 6. The lowest BCUT2D eigenvalue weighted by Crippen LogP contribution is -2.42. The number of carbonyl (C=O) groups excluding carboxylic acids is 3. The van der Waals surface area contributed by atoms with Gasteiger partial charge in [-0.25, -0.2) is 4.79 Å². The van der Waals surface area contributed by atoms with E-state index < -0.39 is 23.8 Å². The van der Waals surface area contributed by atoms with E-state index in [0.717, 1.165) is 49.0 Å². The molecule has 0 aliphatic heterocycles. The third-order valence-corrected chi connectivity index (χ3v) is 6.50. The highest BCUT2D eigenvalue weighted by Crippen LogP contribution is 2.39. The van der Waals surface area contributed by atoms with Crippen LogP contribution in [0.5, 0.6) is 0 Å². The number of anilines is 1. The molecule has 1 fully saturated rings. The zero-order valence-electron chi connectivity index (χ0n) is 15.0. The van der Waals surface area contributed by atoms with Gasteiger partial charge in [0, 0.05) is 22.7 Å². The van der Waals surface area contributed by atoms with E-state index in [2.05, 4.69) is 5.32 Å². The molecule has 26 heavy (non-hydrogen) atoms. The van der Waals surface area contributed by atoms with Gasteiger partial charge in [0.2, 0.25) is 5.91 Å². The number of thiophene rings is 1. The Bertz CT molecular complexity index is 711. The number of esters is 1. The number of hydrogen-bond donors (Lipinski definition) is 1. The van der Waals surface area contributed by atoms with Crippen molar-refractivity contribution in [3.63, 3.8) is 0 Å². The number of amides is 1. The van der Waals surface area contributed by atoms with Crippen molar-refractivity contribution >= 4 is 34.2 Å². The van der Waals surface area contributed by atoms with E-state index in [1.165, 1.54) is 11.3 Å². The molecular formula is C19H24NO5S-. The summed E-state index contributed by atoms with van der Waals surface area (Å²) in [6.45, 7) is 2.02. The van der Waals surface area contributed by atoms with E-state index in [9.17, 15) is 19.5 Å². The van der Waals surface area contributed by atoms with Crippen LogP contribution in [0.3, 0.4) is 0 Å². The predicted octanol–water partition coefficient (Wildman–Crippen LogP) is 2.30. The highest BCUT2D eigenvalue weighted by Gasteiger charge is 2.34. The van der Waals surface area contributed by atoms with Gasteiger partial charge in [0.05, 0.1) is 12.2 Å². The topological polar surface area (TPSA) is 95.5 Å². The molecule has 2 aliphatic carbocycles. The fourth-order valence-electron chi connectivity index (χ4n) is 4.00. The summed E-state index contributed by atoms with van der Waals surface area (Å²) in [6, 6.07) is 0. The average Bonchev–Trinajstić information content (AvgIpc) is 2.99. The minimum absolute atomic E-state index is 0.270. The van der Waals surface area contributed by atoms with Crippen molar-refractivity contribution in [2.45, 2.75) is 58.3 Å². The first-order chi connectivity index (χ1) is 12.5. The minimum atomic E-state index is -1.17. The number of carboxylic acid groups (broad SMARTS) is 1. The second-order valence-corrected chi connectivity index (χ2v) is 8.05. The van der Waals surface area contributed by atoms with Crippen LogP contribution in [0, 0.1) is 11.8 Å². The molecule has 1 aromatic rings. The first-order valence-corrected chi connectivity index (χ1v) is 10.2. The Morgan fingerprint density at radius 2 is 1.81 bits per heavy atom. The molecule has 1 N–H and O–H groups in total. The summed E-state index contributed by atoms with van der Waals surface area (Å²) >= 11 is 1.42. The number of ether oxygens (including phenoxy) is 1. The van der Waals surface area contributed by atoms with Gasteiger partial charge in [0.15, 0.2) is 0 Å². The Morgan fingerprint density at radius 3 is 2.50 bits per heavy atom. The summed E-state index contributed by atoms with van der Waals surface area (Å²) in [4.78, 5) is 37.7. The van der Waals surface area contributed by atoms with Gasteiger partial charge in [-0.05, 0) is 51.0 Å². The molecule has 0 aromatic carbocycles. The number of carbonyl (C=O) groups is 3. The molecule has 0 unspecified atom stereocenters. The predicted molar refractivity (Wildman–Crippen MR) is 96.0 cm³/mol. The zero-order chi connectivity index (χ0) is 18.7. The first-order valence-electron chi connectivity index (χ1n) is 9.36. The van der Waals surface area contributed by atoms with E-state index in [0.29, 0.717) is 23.4 Å². The third-order valence-electron chi connectivity index (χ3n) is 5.29. The summed E-state index contributed by atoms with van der Waals surface area (Å²) in [7, 11) is 0. The van der Waals surface area contributed by atoms with Gasteiger partial charge >= 0.3 is 5.97 Å². The number of fused-ring (bicyclic) bond motifs is 1. The second-order valence-electron chi connectivity index (χ2n) is 6.94. The van der Waals surface area contributed by atoms with Gasteiger partial charge in [-0.15, -0.1) is 11.3 Å². The van der Waals surface area contributed by atoms with Gasteiger partial charge in [0.1, 0.15) is 5.00 Å². The lowest BCUT2D eigenvalue weighted by Gasteiger charge is -2.31. The summed E-state index contributed by atoms with van der Waals surface area (Å²) in [6.07, 6.45) is 6.40. The van der Waals surface area contributed by atoms with Crippen LogP contribution in [0.2, 0.25) is 0 Å². The van der Waals surface area contributed by atoms with E-state index in [1.54, 1.807) is 6.92 Å². The van der Waals surface area contributed by atoms with Crippen molar-refractivity contribution < 1.29 is 24.2 Å². The SMILES string of the molecule is CCOC(=O)c1c(NC(=O)[C@H]2CCCC[C@H]2C(=O)[O-])sc2c1CCCC2. The quantitative estimate of drug-likeness (QED) is 0.793. The maximum Gasteiger partial charge on any atom is 0.341 e. The van der Waals surface area contributed by atoms with Crippen LogP contribution in [-0.4, -0.2) is 24.5 Å². The third kappa shape index (κ3) is 3.77. The van der Waals surface area contributed by atoms with E-state index in [-0.39, 0.29) is 12.5 Å². The Labute approximate surface area is 156 Å². The van der Waals surface area contributed by atoms with Gasteiger partial charge in [-0.1, -0.05) is 12.8 Å². The summed E-state index contributed by atoms with van der Waals surface area (Å²) in [5.41, 5.74) is 1.44. The molecule has 0 bridgehead atoms. The van der Waals surface area contributed by atoms with Gasteiger partial charge < -0.3 is 20.0 Å². The molecule has 0 radical (unpaired) electrons. The summed E-state index contributed by atoms with van der Waals surface area (Å²) in [5.74, 6) is -3.28. The highest BCUT2D eigenvalue weighted by atomic mass is 32.1. The van der Waals surface area contributed by atoms with Gasteiger partial charge in [-0.3, -0.25) is 4.79 Å². The van der Waals surface area contributed by atoms with Gasteiger partial charge in [0.25, 0.3) is 0 Å². The molecule has 2 aliphatic rings. The van der Waals surface area contributed by atoms with Crippen molar-refractivity contribution in [1.82, 2.24) is 0 Å². The van der Waals surface area contributed by atoms with Crippen molar-refractivity contribution in [2.75, 3.05) is 11.9 Å². The molecule has 3 rings (SSSR count). The maximum absolute atomic E-state index is 12.8. The number of rotatable bonds is 5. The van der Waals surface area contributed by atoms with Crippen LogP contribution < -0.4 is 10.4 Å². The molecule has 2 atom stereocenters. The molecule has 1 saturated carbocycles. The van der Waals surface area contributed by atoms with Crippen LogP contribution >= 0.6 is 11.3 Å². The molecule has 142 valence electrons. The lowest BCUT2D eigenvalue weighted by molar-refractivity contribution is -0.313. The highest BCUT2D eigenvalue weighted by molar-refractivity contribution is 7.17. The number of aryl methyl sites for hydroxylation is 1. The Balaban J connectivity index is 1.86. The van der Waals surface area contributed by atoms with Gasteiger partial charge in [-0.2, -0.15) is 0 Å². The monoisotopic (exact) mass is 378 g/mol. The van der Waals surface area contributed by atoms with Crippen molar-refractivity contribution in [1.29, 1.82) is 0 Å². The van der Waals surface area contributed by atoms with Crippen LogP contribution in [0.4, 0.5) is 5.00 Å². The number of nitrogens with one attached hydrogen (secondary N) is 1. The maximum atomic E-state index is 12.8. The van der Waals surface area contributed by atoms with Crippen LogP contribution in [0.25, 0.3) is 0 Å². The number of aliphatic carboxylic acids is 1. The van der Waals surface area contributed by atoms with Crippen LogP contribution in [-0.2, 0) is 27.2 Å². The minimum Gasteiger partial charge on any atom is -0.550 e. The van der Waals surface area contributed by atoms with E-state index in [4.69, 9.17) is 4.74 Å². The number of carboxylic acids is 1. The summed E-state index contributed by atoms with van der Waals surface area (Å²) in [5, 5.41) is 14.7.